The molecule has 0 saturated heterocycles. The highest BCUT2D eigenvalue weighted by Gasteiger charge is 2.09. The number of amides is 1. The third-order valence-electron chi connectivity index (χ3n) is 2.46. The average Bonchev–Trinajstić information content (AvgIpc) is 2.74. The molecule has 5 heteroatoms. The maximum absolute atomic E-state index is 11.7. The number of nitrogens with one attached hydrogen (secondary N) is 2. The van der Waals surface area contributed by atoms with Gasteiger partial charge in [0.2, 0.25) is 0 Å². The Kier molecular flexibility index (Phi) is 4.15. The Morgan fingerprint density at radius 2 is 2.50 bits per heavy atom. The molecule has 0 spiro atoms. The Hall–Kier alpha value is -0.650. The van der Waals surface area contributed by atoms with E-state index in [0.717, 1.165) is 28.9 Å². The molecule has 0 bridgehead atoms. The van der Waals surface area contributed by atoms with Gasteiger partial charge in [0.1, 0.15) is 0 Å². The molecule has 0 aromatic carbocycles. The lowest BCUT2D eigenvalue weighted by Crippen LogP contribution is -2.29. The van der Waals surface area contributed by atoms with Gasteiger partial charge in [-0.3, -0.25) is 4.79 Å². The smallest absolute Gasteiger partial charge is 0.252 e. The summed E-state index contributed by atoms with van der Waals surface area (Å²) in [5, 5.41) is 8.03. The van der Waals surface area contributed by atoms with E-state index in [-0.39, 0.29) is 5.91 Å². The fourth-order valence-electron chi connectivity index (χ4n) is 1.56. The molecule has 16 heavy (non-hydrogen) atoms. The molecule has 0 radical (unpaired) electrons. The van der Waals surface area contributed by atoms with Gasteiger partial charge in [0.15, 0.2) is 0 Å². The van der Waals surface area contributed by atoms with E-state index in [2.05, 4.69) is 32.6 Å². The predicted octanol–water partition coefficient (Wildman–Crippen LogP) is 2.16. The lowest BCUT2D eigenvalue weighted by molar-refractivity contribution is 0.0957. The number of rotatable bonds is 3. The second-order valence-corrected chi connectivity index (χ2v) is 5.93. The molecule has 2 heterocycles. The van der Waals surface area contributed by atoms with E-state index in [9.17, 15) is 4.79 Å². The van der Waals surface area contributed by atoms with Gasteiger partial charge in [-0.2, -0.15) is 0 Å². The fraction of sp³-hybridized carbons (Fsp3) is 0.364. The van der Waals surface area contributed by atoms with Crippen molar-refractivity contribution in [2.75, 3.05) is 19.6 Å². The van der Waals surface area contributed by atoms with Crippen LogP contribution in [0.1, 0.15) is 16.8 Å². The van der Waals surface area contributed by atoms with E-state index >= 15 is 0 Å². The highest BCUT2D eigenvalue weighted by atomic mass is 79.9. The molecule has 1 amide bonds. The van der Waals surface area contributed by atoms with Crippen LogP contribution in [0.4, 0.5) is 0 Å². The van der Waals surface area contributed by atoms with Crippen LogP contribution < -0.4 is 10.6 Å². The van der Waals surface area contributed by atoms with Crippen molar-refractivity contribution in [1.29, 1.82) is 0 Å². The molecule has 3 nitrogen and oxygen atoms in total. The van der Waals surface area contributed by atoms with E-state index in [0.29, 0.717) is 6.54 Å². The first-order valence-electron chi connectivity index (χ1n) is 5.16. The van der Waals surface area contributed by atoms with Crippen molar-refractivity contribution in [1.82, 2.24) is 10.6 Å². The van der Waals surface area contributed by atoms with Crippen molar-refractivity contribution >= 4 is 33.2 Å². The number of halogens is 1. The minimum atomic E-state index is 0.00128. The van der Waals surface area contributed by atoms with E-state index in [4.69, 9.17) is 0 Å². The molecule has 1 aromatic rings. The Bertz CT molecular complexity index is 414. The first kappa shape index (κ1) is 11.8. The van der Waals surface area contributed by atoms with Gasteiger partial charge < -0.3 is 10.6 Å². The van der Waals surface area contributed by atoms with Crippen LogP contribution in [0, 0.1) is 0 Å². The molecule has 0 unspecified atom stereocenters. The minimum absolute atomic E-state index is 0.00128. The number of carbonyl (C=O) groups is 1. The first-order valence-corrected chi connectivity index (χ1v) is 6.84. The van der Waals surface area contributed by atoms with E-state index in [1.165, 1.54) is 16.9 Å². The van der Waals surface area contributed by atoms with Gasteiger partial charge in [0.25, 0.3) is 5.91 Å². The zero-order valence-corrected chi connectivity index (χ0v) is 11.2. The van der Waals surface area contributed by atoms with Crippen LogP contribution in [0.2, 0.25) is 0 Å². The van der Waals surface area contributed by atoms with Crippen molar-refractivity contribution in [3.8, 4) is 0 Å². The van der Waals surface area contributed by atoms with E-state index in [1.807, 2.05) is 11.4 Å². The molecule has 1 aliphatic rings. The van der Waals surface area contributed by atoms with Gasteiger partial charge in [-0.1, -0.05) is 11.6 Å². The Morgan fingerprint density at radius 1 is 1.62 bits per heavy atom. The van der Waals surface area contributed by atoms with Gasteiger partial charge in [-0.25, -0.2) is 0 Å². The second-order valence-electron chi connectivity index (χ2n) is 3.64. The van der Waals surface area contributed by atoms with Crippen molar-refractivity contribution in [2.24, 2.45) is 0 Å². The normalized spacial score (nSPS) is 15.7. The molecular formula is C11H13BrN2OS. The largest absolute Gasteiger partial charge is 0.348 e. The molecule has 2 rings (SSSR count). The summed E-state index contributed by atoms with van der Waals surface area (Å²) in [4.78, 5) is 11.7. The van der Waals surface area contributed by atoms with Crippen LogP contribution >= 0.6 is 27.3 Å². The molecule has 1 aromatic heterocycles. The van der Waals surface area contributed by atoms with E-state index < -0.39 is 0 Å². The maximum atomic E-state index is 11.7. The van der Waals surface area contributed by atoms with Crippen molar-refractivity contribution in [2.45, 2.75) is 6.42 Å². The summed E-state index contributed by atoms with van der Waals surface area (Å²) in [5.41, 5.74) is 2.04. The number of hydrogen-bond acceptors (Lipinski definition) is 3. The number of hydrogen-bond donors (Lipinski definition) is 2. The quantitative estimate of drug-likeness (QED) is 0.840. The molecule has 1 aliphatic heterocycles. The van der Waals surface area contributed by atoms with Crippen LogP contribution in [0.25, 0.3) is 0 Å². The lowest BCUT2D eigenvalue weighted by Gasteiger charge is -2.14. The van der Waals surface area contributed by atoms with Crippen LogP contribution in [0.3, 0.4) is 0 Å². The fourth-order valence-corrected chi connectivity index (χ4v) is 2.69. The van der Waals surface area contributed by atoms with Gasteiger partial charge in [-0.15, -0.1) is 11.3 Å². The Balaban J connectivity index is 1.86. The summed E-state index contributed by atoms with van der Waals surface area (Å²) in [5.74, 6) is 0.00128. The summed E-state index contributed by atoms with van der Waals surface area (Å²) >= 11 is 4.87. The topological polar surface area (TPSA) is 41.1 Å². The standard InChI is InChI=1S/C11H13BrN2OS/c12-10-5-9(7-16-10)11(15)14-6-8-1-3-13-4-2-8/h1,5,7,13H,2-4,6H2,(H,14,15). The number of thiophene rings is 1. The third-order valence-corrected chi connectivity index (χ3v) is 3.97. The van der Waals surface area contributed by atoms with Gasteiger partial charge in [0, 0.05) is 18.5 Å². The second kappa shape index (κ2) is 5.61. The maximum Gasteiger partial charge on any atom is 0.252 e. The van der Waals surface area contributed by atoms with Crippen LogP contribution in [-0.4, -0.2) is 25.5 Å². The Labute approximate surface area is 107 Å². The van der Waals surface area contributed by atoms with Gasteiger partial charge in [0.05, 0.1) is 9.35 Å². The molecular weight excluding hydrogens is 288 g/mol. The lowest BCUT2D eigenvalue weighted by atomic mass is 10.1. The molecule has 86 valence electrons. The summed E-state index contributed by atoms with van der Waals surface area (Å²) in [6.07, 6.45) is 3.17. The number of carbonyl (C=O) groups excluding carboxylic acids is 1. The zero-order chi connectivity index (χ0) is 11.4. The molecule has 0 atom stereocenters. The van der Waals surface area contributed by atoms with Crippen molar-refractivity contribution in [3.63, 3.8) is 0 Å². The summed E-state index contributed by atoms with van der Waals surface area (Å²) < 4.78 is 0.985. The van der Waals surface area contributed by atoms with Crippen LogP contribution in [-0.2, 0) is 0 Å². The van der Waals surface area contributed by atoms with Crippen LogP contribution in [0.5, 0.6) is 0 Å². The van der Waals surface area contributed by atoms with Crippen molar-refractivity contribution in [3.05, 3.63) is 32.4 Å². The molecule has 0 fully saturated rings. The van der Waals surface area contributed by atoms with Crippen molar-refractivity contribution < 1.29 is 4.79 Å². The molecule has 2 N–H and O–H groups in total. The van der Waals surface area contributed by atoms with Crippen LogP contribution in [0.15, 0.2) is 26.9 Å². The zero-order valence-electron chi connectivity index (χ0n) is 8.75. The highest BCUT2D eigenvalue weighted by molar-refractivity contribution is 9.11. The van der Waals surface area contributed by atoms with Gasteiger partial charge in [-0.05, 0) is 35.0 Å². The molecule has 0 saturated carbocycles. The first-order chi connectivity index (χ1) is 7.75. The molecule has 0 aliphatic carbocycles. The average molecular weight is 301 g/mol. The summed E-state index contributed by atoms with van der Waals surface area (Å²) in [6, 6.07) is 1.84. The monoisotopic (exact) mass is 300 g/mol. The predicted molar refractivity (Wildman–Crippen MR) is 69.9 cm³/mol. The summed E-state index contributed by atoms with van der Waals surface area (Å²) in [6.45, 7) is 2.58. The van der Waals surface area contributed by atoms with Gasteiger partial charge >= 0.3 is 0 Å². The minimum Gasteiger partial charge on any atom is -0.348 e. The SMILES string of the molecule is O=C(NCC1=CCNCC1)c1csc(Br)c1. The van der Waals surface area contributed by atoms with E-state index in [1.54, 1.807) is 0 Å². The summed E-state index contributed by atoms with van der Waals surface area (Å²) in [7, 11) is 0. The Morgan fingerprint density at radius 3 is 3.12 bits per heavy atom. The highest BCUT2D eigenvalue weighted by Crippen LogP contribution is 2.20. The third kappa shape index (κ3) is 3.17.